The van der Waals surface area contributed by atoms with Gasteiger partial charge in [-0.25, -0.2) is 4.39 Å². The first kappa shape index (κ1) is 50.6. The zero-order valence-electron chi connectivity index (χ0n) is 39.1. The molecule has 0 fully saturated rings. The first-order valence-corrected chi connectivity index (χ1v) is 22.4. The maximum absolute atomic E-state index is 14.1. The van der Waals surface area contributed by atoms with Crippen molar-refractivity contribution < 1.29 is 34.4 Å². The molecule has 0 saturated heterocycles. The van der Waals surface area contributed by atoms with Crippen molar-refractivity contribution in [2.75, 3.05) is 0 Å². The summed E-state index contributed by atoms with van der Waals surface area (Å²) in [5, 5.41) is 16.3. The van der Waals surface area contributed by atoms with Crippen molar-refractivity contribution in [2.45, 2.75) is 108 Å². The molecule has 2 aromatic heterocycles. The van der Waals surface area contributed by atoms with E-state index in [0.717, 1.165) is 69.9 Å². The van der Waals surface area contributed by atoms with Crippen molar-refractivity contribution in [3.63, 3.8) is 0 Å². The van der Waals surface area contributed by atoms with Gasteiger partial charge in [0.1, 0.15) is 5.82 Å². The molecule has 2 heterocycles. The summed E-state index contributed by atoms with van der Waals surface area (Å²) in [5.41, 5.74) is 8.91. The van der Waals surface area contributed by atoms with Crippen LogP contribution in [0.3, 0.4) is 0 Å². The number of aromatic nitrogens is 2. The molecule has 0 aliphatic rings. The van der Waals surface area contributed by atoms with Crippen LogP contribution in [0.1, 0.15) is 109 Å². The van der Waals surface area contributed by atoms with E-state index in [9.17, 15) is 14.3 Å². The molecule has 0 atom stereocenters. The molecule has 0 bridgehead atoms. The number of hydrogen-bond donors (Lipinski definition) is 1. The van der Waals surface area contributed by atoms with Gasteiger partial charge < -0.3 is 15.1 Å². The molecule has 0 aliphatic carbocycles. The van der Waals surface area contributed by atoms with Gasteiger partial charge in [-0.2, -0.15) is 0 Å². The number of pyridine rings is 2. The van der Waals surface area contributed by atoms with Crippen LogP contribution in [-0.2, 0) is 24.9 Å². The maximum atomic E-state index is 14.1. The van der Waals surface area contributed by atoms with E-state index in [1.807, 2.05) is 62.5 Å². The minimum atomic E-state index is -0.193. The van der Waals surface area contributed by atoms with E-state index in [1.54, 1.807) is 12.3 Å². The van der Waals surface area contributed by atoms with Crippen molar-refractivity contribution in [2.24, 2.45) is 23.7 Å². The van der Waals surface area contributed by atoms with Gasteiger partial charge in [0.15, 0.2) is 5.78 Å². The van der Waals surface area contributed by atoms with Crippen molar-refractivity contribution in [1.29, 1.82) is 0 Å². The molecule has 0 amide bonds. The number of benzene rings is 5. The van der Waals surface area contributed by atoms with Crippen molar-refractivity contribution >= 4 is 38.1 Å². The molecule has 0 spiro atoms. The summed E-state index contributed by atoms with van der Waals surface area (Å²) < 4.78 is 14.1. The van der Waals surface area contributed by atoms with Crippen LogP contribution in [0.15, 0.2) is 115 Å². The van der Waals surface area contributed by atoms with Crippen LogP contribution < -0.4 is 0 Å². The standard InChI is InChI=1S/C22H17FN.C18H16N.C17H32O2.Ir/c1-13-11-16(12-14(2)15(13)3)22-20-8-7-19-17(5-4-6-21(19)23)18(20)9-10-24-22;1-13(2)15-8-9-17-16(12-15)10-11-19-18(17)14-6-4-3-5-7-14;1-7-14(8-2)16(18)11-17(19)15(9-12(3)4)10-13(5)6;/h4-11H,1-3H3;3-6,8-13H,1-2H3;11-15,19H,7-10H2,1-6H3;/q2*-1;;/b;;17-11-;. The summed E-state index contributed by atoms with van der Waals surface area (Å²) >= 11 is 0. The zero-order chi connectivity index (χ0) is 45.1. The molecule has 5 aromatic carbocycles. The van der Waals surface area contributed by atoms with Crippen LogP contribution in [-0.4, -0.2) is 20.9 Å². The molecule has 6 heteroatoms. The Bertz CT molecular complexity index is 2600. The summed E-state index contributed by atoms with van der Waals surface area (Å²) in [6.07, 6.45) is 8.74. The SMILES string of the molecule is CC(C)c1ccc2c(-c3[c-]cccc3)nccc2c1.CCC(CC)C(=O)/C=C(\O)C(CC(C)C)CC(C)C.Cc1[c-]c(-c2nccc3c2ccc2c(F)cccc23)cc(C)c1C.[Ir]. The fraction of sp³-hybridized carbons (Fsp3) is 0.351. The molecule has 1 radical (unpaired) electrons. The van der Waals surface area contributed by atoms with E-state index in [0.29, 0.717) is 28.9 Å². The van der Waals surface area contributed by atoms with Gasteiger partial charge in [0, 0.05) is 55.8 Å². The van der Waals surface area contributed by atoms with Gasteiger partial charge in [0.05, 0.1) is 5.76 Å². The second-order valence-electron chi connectivity index (χ2n) is 17.8. The third-order valence-corrected chi connectivity index (χ3v) is 11.9. The Hall–Kier alpha value is -5.03. The van der Waals surface area contributed by atoms with E-state index >= 15 is 0 Å². The van der Waals surface area contributed by atoms with E-state index < -0.39 is 0 Å². The number of aryl methyl sites for hydroxylation is 2. The van der Waals surface area contributed by atoms with Crippen molar-refractivity contribution in [3.05, 3.63) is 155 Å². The third-order valence-electron chi connectivity index (χ3n) is 11.9. The second-order valence-corrected chi connectivity index (χ2v) is 17.8. The number of nitrogens with zero attached hydrogens (tertiary/aromatic N) is 2. The molecule has 0 unspecified atom stereocenters. The molecule has 7 rings (SSSR count). The predicted octanol–water partition coefficient (Wildman–Crippen LogP) is 15.9. The normalized spacial score (nSPS) is 11.6. The smallest absolute Gasteiger partial charge is 0.162 e. The number of halogens is 1. The number of fused-ring (bicyclic) bond motifs is 4. The number of rotatable bonds is 12. The number of carbonyl (C=O) groups excluding carboxylic acids is 1. The van der Waals surface area contributed by atoms with Gasteiger partial charge in [-0.3, -0.25) is 4.79 Å². The number of hydrogen-bond acceptors (Lipinski definition) is 4. The van der Waals surface area contributed by atoms with Gasteiger partial charge >= 0.3 is 0 Å². The van der Waals surface area contributed by atoms with Crippen LogP contribution in [0.2, 0.25) is 0 Å². The molecule has 4 nitrogen and oxygen atoms in total. The summed E-state index contributed by atoms with van der Waals surface area (Å²) in [6.45, 7) is 23.4. The van der Waals surface area contributed by atoms with E-state index in [1.165, 1.54) is 39.6 Å². The van der Waals surface area contributed by atoms with Crippen LogP contribution in [0.5, 0.6) is 0 Å². The number of aliphatic hydroxyl groups excluding tert-OH is 1. The van der Waals surface area contributed by atoms with Crippen LogP contribution in [0.25, 0.3) is 54.8 Å². The Balaban J connectivity index is 0.000000208. The molecule has 0 aliphatic heterocycles. The Morgan fingerprint density at radius 3 is 1.92 bits per heavy atom. The molecular weight excluding hydrogens is 956 g/mol. The number of ketones is 1. The fourth-order valence-electron chi connectivity index (χ4n) is 8.14. The van der Waals surface area contributed by atoms with E-state index in [4.69, 9.17) is 0 Å². The third kappa shape index (κ3) is 13.0. The molecule has 0 saturated carbocycles. The zero-order valence-corrected chi connectivity index (χ0v) is 41.5. The second kappa shape index (κ2) is 23.6. The van der Waals surface area contributed by atoms with E-state index in [2.05, 4.69) is 121 Å². The predicted molar refractivity (Wildman–Crippen MR) is 260 cm³/mol. The Labute approximate surface area is 389 Å². The summed E-state index contributed by atoms with van der Waals surface area (Å²) in [6, 6.07) is 36.5. The number of allylic oxidation sites excluding steroid dienone is 2. The molecule has 7 aromatic rings. The average molecular weight is 1020 g/mol. The first-order valence-electron chi connectivity index (χ1n) is 22.4. The van der Waals surface area contributed by atoms with E-state index in [-0.39, 0.29) is 43.5 Å². The fourth-order valence-corrected chi connectivity index (χ4v) is 8.14. The van der Waals surface area contributed by atoms with Crippen molar-refractivity contribution in [1.82, 2.24) is 9.97 Å². The Morgan fingerprint density at radius 2 is 1.32 bits per heavy atom. The quantitative estimate of drug-likeness (QED) is 0.0573. The van der Waals surface area contributed by atoms with Gasteiger partial charge in [0.25, 0.3) is 0 Å². The summed E-state index contributed by atoms with van der Waals surface area (Å²) in [4.78, 5) is 21.2. The minimum Gasteiger partial charge on any atom is -0.512 e. The maximum Gasteiger partial charge on any atom is 0.162 e. The largest absolute Gasteiger partial charge is 0.512 e. The summed E-state index contributed by atoms with van der Waals surface area (Å²) in [5.74, 6) is 1.97. The van der Waals surface area contributed by atoms with Crippen LogP contribution >= 0.6 is 0 Å². The first-order chi connectivity index (χ1) is 29.6. The number of carbonyl (C=O) groups is 1. The number of aliphatic hydroxyl groups is 1. The molecule has 63 heavy (non-hydrogen) atoms. The van der Waals surface area contributed by atoms with Crippen LogP contribution in [0, 0.1) is 62.4 Å². The van der Waals surface area contributed by atoms with Crippen molar-refractivity contribution in [3.8, 4) is 22.5 Å². The summed E-state index contributed by atoms with van der Waals surface area (Å²) in [7, 11) is 0. The molecule has 333 valence electrons. The van der Waals surface area contributed by atoms with Gasteiger partial charge in [-0.1, -0.05) is 119 Å². The van der Waals surface area contributed by atoms with Crippen LogP contribution in [0.4, 0.5) is 4.39 Å². The topological polar surface area (TPSA) is 63.1 Å². The molecule has 1 N–H and O–H groups in total. The Morgan fingerprint density at radius 1 is 0.698 bits per heavy atom. The molecular formula is C57H65FIrN2O2-2. The minimum absolute atomic E-state index is 0. The monoisotopic (exact) mass is 1020 g/mol. The van der Waals surface area contributed by atoms with Gasteiger partial charge in [0.2, 0.25) is 0 Å². The Kier molecular flexibility index (Phi) is 19.0. The van der Waals surface area contributed by atoms with Gasteiger partial charge in [-0.05, 0) is 106 Å². The van der Waals surface area contributed by atoms with Gasteiger partial charge in [-0.15, -0.1) is 70.3 Å². The average Bonchev–Trinajstić information content (AvgIpc) is 3.25.